The molecule has 1 rings (SSSR count). The predicted octanol–water partition coefficient (Wildman–Crippen LogP) is -0.441. The van der Waals surface area contributed by atoms with Crippen LogP contribution in [0, 0.1) is 5.92 Å². The van der Waals surface area contributed by atoms with Gasteiger partial charge in [-0.2, -0.15) is 0 Å². The van der Waals surface area contributed by atoms with Crippen LogP contribution < -0.4 is 5.73 Å². The van der Waals surface area contributed by atoms with Crippen molar-refractivity contribution in [1.29, 1.82) is 0 Å². The smallest absolute Gasteiger partial charge is 0.308 e. The number of rotatable bonds is 1. The molecule has 1 aliphatic carbocycles. The first-order valence-corrected chi connectivity index (χ1v) is 3.77. The molecule has 3 atom stereocenters. The maximum Gasteiger partial charge on any atom is 0.308 e. The van der Waals surface area contributed by atoms with Gasteiger partial charge < -0.3 is 15.9 Å². The normalized spacial score (nSPS) is 38.5. The minimum atomic E-state index is -0.892. The van der Waals surface area contributed by atoms with E-state index in [1.54, 1.807) is 0 Å². The second-order valence-corrected chi connectivity index (χ2v) is 3.08. The van der Waals surface area contributed by atoms with Crippen LogP contribution in [0.15, 0.2) is 0 Å². The molecule has 0 spiro atoms. The first-order valence-electron chi connectivity index (χ1n) is 3.77. The largest absolute Gasteiger partial charge is 0.481 e. The molecule has 11 heavy (non-hydrogen) atoms. The van der Waals surface area contributed by atoms with Gasteiger partial charge >= 0.3 is 5.97 Å². The fourth-order valence-corrected chi connectivity index (χ4v) is 1.46. The van der Waals surface area contributed by atoms with Gasteiger partial charge in [-0.3, -0.25) is 4.79 Å². The van der Waals surface area contributed by atoms with Crippen molar-refractivity contribution in [2.75, 3.05) is 0 Å². The van der Waals surface area contributed by atoms with Crippen LogP contribution in [-0.4, -0.2) is 28.3 Å². The molecule has 0 radical (unpaired) electrons. The van der Waals surface area contributed by atoms with Crippen LogP contribution in [0.1, 0.15) is 19.3 Å². The number of aliphatic carboxylic acids is 1. The fourth-order valence-electron chi connectivity index (χ4n) is 1.46. The monoisotopic (exact) mass is 159 g/mol. The highest BCUT2D eigenvalue weighted by molar-refractivity contribution is 5.71. The molecular weight excluding hydrogens is 146 g/mol. The Labute approximate surface area is 65.0 Å². The first-order chi connectivity index (χ1) is 5.11. The molecule has 4 nitrogen and oxygen atoms in total. The maximum absolute atomic E-state index is 10.5. The van der Waals surface area contributed by atoms with Crippen LogP contribution in [0.4, 0.5) is 0 Å². The Bertz CT molecular complexity index is 160. The van der Waals surface area contributed by atoms with E-state index in [0.717, 1.165) is 0 Å². The molecule has 0 heterocycles. The topological polar surface area (TPSA) is 83.5 Å². The molecule has 1 aliphatic rings. The van der Waals surface area contributed by atoms with Gasteiger partial charge in [-0.1, -0.05) is 0 Å². The SMILES string of the molecule is N[C@@H]1CC[C@@H](O)C[C@H]1C(=O)O. The lowest BCUT2D eigenvalue weighted by molar-refractivity contribution is -0.144. The van der Waals surface area contributed by atoms with E-state index in [1.165, 1.54) is 0 Å². The van der Waals surface area contributed by atoms with Crippen LogP contribution in [0.25, 0.3) is 0 Å². The van der Waals surface area contributed by atoms with Gasteiger partial charge in [0.05, 0.1) is 12.0 Å². The number of aliphatic hydroxyl groups is 1. The Hall–Kier alpha value is -0.610. The van der Waals surface area contributed by atoms with E-state index < -0.39 is 18.0 Å². The summed E-state index contributed by atoms with van der Waals surface area (Å²) in [6.07, 6.45) is 1.07. The van der Waals surface area contributed by atoms with Gasteiger partial charge in [-0.05, 0) is 19.3 Å². The van der Waals surface area contributed by atoms with Gasteiger partial charge in [-0.25, -0.2) is 0 Å². The molecule has 64 valence electrons. The fraction of sp³-hybridized carbons (Fsp3) is 0.857. The third-order valence-corrected chi connectivity index (χ3v) is 2.19. The van der Waals surface area contributed by atoms with Crippen LogP contribution in [0.2, 0.25) is 0 Å². The highest BCUT2D eigenvalue weighted by atomic mass is 16.4. The molecule has 0 aliphatic heterocycles. The van der Waals surface area contributed by atoms with Gasteiger partial charge in [0.2, 0.25) is 0 Å². The summed E-state index contributed by atoms with van der Waals surface area (Å²) in [5, 5.41) is 17.8. The molecule has 0 amide bonds. The summed E-state index contributed by atoms with van der Waals surface area (Å²) in [7, 11) is 0. The number of carboxylic acid groups (broad SMARTS) is 1. The zero-order valence-corrected chi connectivity index (χ0v) is 6.23. The Morgan fingerprint density at radius 2 is 2.09 bits per heavy atom. The van der Waals surface area contributed by atoms with E-state index in [2.05, 4.69) is 0 Å². The van der Waals surface area contributed by atoms with Crippen molar-refractivity contribution >= 4 is 5.97 Å². The number of nitrogens with two attached hydrogens (primary N) is 1. The second-order valence-electron chi connectivity index (χ2n) is 3.08. The molecule has 4 N–H and O–H groups in total. The summed E-state index contributed by atoms with van der Waals surface area (Å²) >= 11 is 0. The molecule has 4 heteroatoms. The van der Waals surface area contributed by atoms with Crippen molar-refractivity contribution in [3.63, 3.8) is 0 Å². The number of hydrogen-bond donors (Lipinski definition) is 3. The van der Waals surface area contributed by atoms with Crippen molar-refractivity contribution in [1.82, 2.24) is 0 Å². The third-order valence-electron chi connectivity index (χ3n) is 2.19. The molecular formula is C7H13NO3. The van der Waals surface area contributed by atoms with E-state index in [0.29, 0.717) is 19.3 Å². The molecule has 1 fully saturated rings. The first kappa shape index (κ1) is 8.49. The minimum Gasteiger partial charge on any atom is -0.481 e. The minimum absolute atomic E-state index is 0.282. The Morgan fingerprint density at radius 1 is 1.45 bits per heavy atom. The van der Waals surface area contributed by atoms with Gasteiger partial charge in [0.15, 0.2) is 0 Å². The van der Waals surface area contributed by atoms with Crippen molar-refractivity contribution in [3.05, 3.63) is 0 Å². The van der Waals surface area contributed by atoms with Crippen molar-refractivity contribution in [2.45, 2.75) is 31.4 Å². The van der Waals surface area contributed by atoms with E-state index in [1.807, 2.05) is 0 Å². The number of carbonyl (C=O) groups is 1. The molecule has 0 bridgehead atoms. The van der Waals surface area contributed by atoms with Crippen molar-refractivity contribution < 1.29 is 15.0 Å². The van der Waals surface area contributed by atoms with Gasteiger partial charge in [0.1, 0.15) is 0 Å². The van der Waals surface area contributed by atoms with E-state index >= 15 is 0 Å². The van der Waals surface area contributed by atoms with Crippen LogP contribution in [0.3, 0.4) is 0 Å². The van der Waals surface area contributed by atoms with Crippen LogP contribution in [0.5, 0.6) is 0 Å². The number of carboxylic acids is 1. The zero-order valence-electron chi connectivity index (χ0n) is 6.23. The zero-order chi connectivity index (χ0) is 8.43. The quantitative estimate of drug-likeness (QED) is 0.484. The lowest BCUT2D eigenvalue weighted by Gasteiger charge is -2.28. The molecule has 0 unspecified atom stereocenters. The molecule has 0 saturated heterocycles. The third kappa shape index (κ3) is 1.91. The average molecular weight is 159 g/mol. The van der Waals surface area contributed by atoms with E-state index in [9.17, 15) is 4.79 Å². The van der Waals surface area contributed by atoms with Gasteiger partial charge in [0.25, 0.3) is 0 Å². The molecule has 1 saturated carbocycles. The standard InChI is InChI=1S/C7H13NO3/c8-6-2-1-4(9)3-5(6)7(10)11/h4-6,9H,1-3,8H2,(H,10,11)/t4-,5-,6-/m1/s1. The Kier molecular flexibility index (Phi) is 2.46. The summed E-state index contributed by atoms with van der Waals surface area (Å²) in [6, 6.07) is -0.282. The highest BCUT2D eigenvalue weighted by Gasteiger charge is 2.31. The highest BCUT2D eigenvalue weighted by Crippen LogP contribution is 2.23. The molecule has 0 aromatic carbocycles. The van der Waals surface area contributed by atoms with Crippen LogP contribution in [-0.2, 0) is 4.79 Å². The summed E-state index contributed by atoms with van der Waals surface area (Å²) in [6.45, 7) is 0. The van der Waals surface area contributed by atoms with Crippen molar-refractivity contribution in [2.24, 2.45) is 11.7 Å². The van der Waals surface area contributed by atoms with Crippen molar-refractivity contribution in [3.8, 4) is 0 Å². The van der Waals surface area contributed by atoms with E-state index in [4.69, 9.17) is 15.9 Å². The van der Waals surface area contributed by atoms with Crippen LogP contribution >= 0.6 is 0 Å². The summed E-state index contributed by atoms with van der Waals surface area (Å²) in [4.78, 5) is 10.5. The average Bonchev–Trinajstić information content (AvgIpc) is 1.94. The summed E-state index contributed by atoms with van der Waals surface area (Å²) in [5.41, 5.74) is 5.55. The number of hydrogen-bond acceptors (Lipinski definition) is 3. The number of aliphatic hydroxyl groups excluding tert-OH is 1. The van der Waals surface area contributed by atoms with Gasteiger partial charge in [-0.15, -0.1) is 0 Å². The Balaban J connectivity index is 2.54. The molecule has 0 aromatic heterocycles. The molecule has 0 aromatic rings. The van der Waals surface area contributed by atoms with E-state index in [-0.39, 0.29) is 6.04 Å². The van der Waals surface area contributed by atoms with Gasteiger partial charge in [0, 0.05) is 6.04 Å². The maximum atomic E-state index is 10.5. The summed E-state index contributed by atoms with van der Waals surface area (Å²) < 4.78 is 0. The predicted molar refractivity (Wildman–Crippen MR) is 39.0 cm³/mol. The lowest BCUT2D eigenvalue weighted by Crippen LogP contribution is -2.42. The Morgan fingerprint density at radius 3 is 2.55 bits per heavy atom. The lowest BCUT2D eigenvalue weighted by atomic mass is 9.83. The second kappa shape index (κ2) is 3.19. The summed E-state index contributed by atoms with van der Waals surface area (Å²) in [5.74, 6) is -1.45.